The van der Waals surface area contributed by atoms with Gasteiger partial charge in [0.1, 0.15) is 5.75 Å². The molecule has 3 aliphatic carbocycles. The van der Waals surface area contributed by atoms with E-state index in [-0.39, 0.29) is 28.3 Å². The number of anilines is 1. The van der Waals surface area contributed by atoms with Gasteiger partial charge >= 0.3 is 11.9 Å². The van der Waals surface area contributed by atoms with E-state index in [9.17, 15) is 24.0 Å². The first-order chi connectivity index (χ1) is 23.6. The van der Waals surface area contributed by atoms with E-state index in [0.717, 1.165) is 27.2 Å². The minimum Gasteiger partial charge on any atom is -0.457 e. The van der Waals surface area contributed by atoms with Gasteiger partial charge in [-0.3, -0.25) is 14.4 Å². The third-order valence-corrected chi connectivity index (χ3v) is 12.1. The van der Waals surface area contributed by atoms with E-state index < -0.39 is 56.6 Å². The molecule has 1 saturated heterocycles. The quantitative estimate of drug-likeness (QED) is 0.0573. The number of carbonyl (C=O) groups excluding carboxylic acids is 5. The van der Waals surface area contributed by atoms with Crippen LogP contribution < -0.4 is 9.64 Å². The largest absolute Gasteiger partial charge is 0.457 e. The number of hydrogen-bond donors (Lipinski definition) is 0. The Hall–Kier alpha value is -5.13. The van der Waals surface area contributed by atoms with Crippen molar-refractivity contribution >= 4 is 67.1 Å². The molecule has 1 aromatic heterocycles. The summed E-state index contributed by atoms with van der Waals surface area (Å²) in [5.41, 5.74) is 4.20. The molecule has 9 nitrogen and oxygen atoms in total. The van der Waals surface area contributed by atoms with Crippen LogP contribution in [0.25, 0.3) is 0 Å². The number of alkyl halides is 2. The Kier molecular flexibility index (Phi) is 7.31. The zero-order chi connectivity index (χ0) is 34.1. The summed E-state index contributed by atoms with van der Waals surface area (Å²) in [4.78, 5) is 67.9. The van der Waals surface area contributed by atoms with Crippen LogP contribution in [0.5, 0.6) is 5.75 Å². The number of rotatable bonds is 7. The second kappa shape index (κ2) is 11.5. The summed E-state index contributed by atoms with van der Waals surface area (Å²) in [6.45, 7) is -0.560. The maximum atomic E-state index is 14.4. The lowest BCUT2D eigenvalue weighted by atomic mass is 9.54. The first kappa shape index (κ1) is 31.2. The molecular formula is C38H23Br2NO8. The molecule has 0 spiro atoms. The fourth-order valence-electron chi connectivity index (χ4n) is 7.25. The first-order valence-corrected chi connectivity index (χ1v) is 16.8. The lowest BCUT2D eigenvalue weighted by Crippen LogP contribution is -2.56. The number of nitrogens with zero attached hydrogens (tertiary/aromatic N) is 1. The number of ether oxygens (including phenoxy) is 2. The van der Waals surface area contributed by atoms with Crippen molar-refractivity contribution < 1.29 is 37.9 Å². The lowest BCUT2D eigenvalue weighted by molar-refractivity contribution is -0.122. The zero-order valence-corrected chi connectivity index (χ0v) is 28.5. The van der Waals surface area contributed by atoms with Crippen LogP contribution in [0.4, 0.5) is 5.69 Å². The summed E-state index contributed by atoms with van der Waals surface area (Å²) < 4.78 is 13.7. The number of ketones is 1. The number of benzene rings is 4. The van der Waals surface area contributed by atoms with Crippen molar-refractivity contribution in [3.8, 4) is 5.75 Å². The van der Waals surface area contributed by atoms with Gasteiger partial charge in [0.25, 0.3) is 0 Å². The summed E-state index contributed by atoms with van der Waals surface area (Å²) >= 11 is 7.98. The van der Waals surface area contributed by atoms with Crippen LogP contribution in [0.3, 0.4) is 0 Å². The van der Waals surface area contributed by atoms with Crippen molar-refractivity contribution in [3.05, 3.63) is 155 Å². The minimum absolute atomic E-state index is 0.0373. The molecule has 242 valence electrons. The minimum atomic E-state index is -0.946. The Labute approximate surface area is 296 Å². The van der Waals surface area contributed by atoms with Crippen molar-refractivity contribution in [1.82, 2.24) is 0 Å². The molecule has 0 saturated carbocycles. The van der Waals surface area contributed by atoms with E-state index in [4.69, 9.17) is 13.9 Å². The molecule has 0 radical (unpaired) electrons. The number of amides is 2. The summed E-state index contributed by atoms with van der Waals surface area (Å²) in [5, 5.41) is 0. The highest BCUT2D eigenvalue weighted by Gasteiger charge is 2.72. The molecule has 11 heteroatoms. The van der Waals surface area contributed by atoms with Gasteiger partial charge in [0, 0.05) is 5.56 Å². The van der Waals surface area contributed by atoms with Gasteiger partial charge < -0.3 is 13.9 Å². The molecule has 2 amide bonds. The number of carbonyl (C=O) groups is 5. The summed E-state index contributed by atoms with van der Waals surface area (Å²) in [6.07, 6.45) is 1.35. The van der Waals surface area contributed by atoms with Crippen molar-refractivity contribution in [3.63, 3.8) is 0 Å². The van der Waals surface area contributed by atoms with Crippen LogP contribution >= 0.6 is 31.9 Å². The van der Waals surface area contributed by atoms with Crippen molar-refractivity contribution in [1.29, 1.82) is 0 Å². The molecule has 5 aromatic rings. The molecule has 2 atom stereocenters. The molecular weight excluding hydrogens is 758 g/mol. The summed E-state index contributed by atoms with van der Waals surface area (Å²) in [5.74, 6) is -4.04. The van der Waals surface area contributed by atoms with E-state index in [2.05, 4.69) is 31.9 Å². The Morgan fingerprint density at radius 1 is 0.673 bits per heavy atom. The van der Waals surface area contributed by atoms with Crippen LogP contribution in [0, 0.1) is 11.8 Å². The SMILES string of the molecule is O=C(COC(=O)c1cccc(N2C(=O)[C@@H]3[C@@H](C2=O)C2(Br)c4ccccc4C3(Br)c3ccccc32)c1)c1ccc(OC(=O)c2ccco2)cc1. The Bertz CT molecular complexity index is 2090. The van der Waals surface area contributed by atoms with Gasteiger partial charge in [-0.25, -0.2) is 14.5 Å². The smallest absolute Gasteiger partial charge is 0.379 e. The molecule has 2 bridgehead atoms. The topological polar surface area (TPSA) is 120 Å². The fraction of sp³-hybridized carbons (Fsp3) is 0.132. The summed E-state index contributed by atoms with van der Waals surface area (Å²) in [6, 6.07) is 30.5. The standard InChI is InChI=1S/C38H23Br2NO8/c39-37-25-9-1-2-10-26(25)38(40,28-12-4-3-11-27(28)37)32-31(37)33(43)41(34(32)44)23-8-5-7-22(19-23)35(45)48-20-29(42)21-14-16-24(17-15-21)49-36(46)30-13-6-18-47-30/h1-19,31-32H,20H2/t31-,32-,37?,38?/m0/s1. The van der Waals surface area contributed by atoms with Crippen molar-refractivity contribution in [2.75, 3.05) is 11.5 Å². The van der Waals surface area contributed by atoms with Crippen LogP contribution in [0.2, 0.25) is 0 Å². The predicted octanol–water partition coefficient (Wildman–Crippen LogP) is 6.95. The molecule has 4 aromatic carbocycles. The number of furan rings is 1. The highest BCUT2D eigenvalue weighted by atomic mass is 79.9. The highest BCUT2D eigenvalue weighted by Crippen LogP contribution is 2.70. The van der Waals surface area contributed by atoms with Gasteiger partial charge in [0.2, 0.25) is 17.6 Å². The second-order valence-corrected chi connectivity index (χ2v) is 14.4. The Morgan fingerprint density at radius 2 is 1.24 bits per heavy atom. The van der Waals surface area contributed by atoms with Crippen LogP contribution in [0.1, 0.15) is 53.5 Å². The Morgan fingerprint density at radius 3 is 1.78 bits per heavy atom. The maximum Gasteiger partial charge on any atom is 0.379 e. The highest BCUT2D eigenvalue weighted by molar-refractivity contribution is 9.10. The van der Waals surface area contributed by atoms with E-state index in [1.807, 2.05) is 48.5 Å². The third-order valence-electron chi connectivity index (χ3n) is 9.37. The molecule has 4 aliphatic rings. The van der Waals surface area contributed by atoms with E-state index in [1.165, 1.54) is 48.7 Å². The van der Waals surface area contributed by atoms with Crippen molar-refractivity contribution in [2.45, 2.75) is 8.65 Å². The van der Waals surface area contributed by atoms with E-state index >= 15 is 0 Å². The van der Waals surface area contributed by atoms with Gasteiger partial charge in [-0.1, -0.05) is 86.5 Å². The van der Waals surface area contributed by atoms with Crippen LogP contribution in [-0.4, -0.2) is 36.1 Å². The molecule has 2 heterocycles. The van der Waals surface area contributed by atoms with E-state index in [1.54, 1.807) is 18.2 Å². The molecule has 0 N–H and O–H groups in total. The molecule has 49 heavy (non-hydrogen) atoms. The molecule has 0 unspecified atom stereocenters. The molecule has 9 rings (SSSR count). The second-order valence-electron chi connectivity index (χ2n) is 11.9. The maximum absolute atomic E-state index is 14.4. The molecule has 1 fully saturated rings. The number of halogens is 2. The Balaban J connectivity index is 1.01. The monoisotopic (exact) mass is 779 g/mol. The van der Waals surface area contributed by atoms with Crippen LogP contribution in [0.15, 0.2) is 120 Å². The number of esters is 2. The first-order valence-electron chi connectivity index (χ1n) is 15.3. The number of Topliss-reactive ketones (excluding diaryl/α,β-unsaturated/α-hetero) is 1. The van der Waals surface area contributed by atoms with Gasteiger partial charge in [0.15, 0.2) is 12.4 Å². The van der Waals surface area contributed by atoms with Gasteiger partial charge in [-0.15, -0.1) is 0 Å². The average Bonchev–Trinajstić information content (AvgIpc) is 3.77. The number of hydrogen-bond acceptors (Lipinski definition) is 8. The van der Waals surface area contributed by atoms with Gasteiger partial charge in [0.05, 0.1) is 38.0 Å². The zero-order valence-electron chi connectivity index (χ0n) is 25.3. The fourth-order valence-corrected chi connectivity index (χ4v) is 9.56. The summed E-state index contributed by atoms with van der Waals surface area (Å²) in [7, 11) is 0. The molecule has 1 aliphatic heterocycles. The van der Waals surface area contributed by atoms with Gasteiger partial charge in [-0.2, -0.15) is 0 Å². The average molecular weight is 781 g/mol. The third kappa shape index (κ3) is 4.59. The number of imide groups is 1. The van der Waals surface area contributed by atoms with Gasteiger partial charge in [-0.05, 0) is 76.9 Å². The van der Waals surface area contributed by atoms with E-state index in [0.29, 0.717) is 0 Å². The predicted molar refractivity (Wildman–Crippen MR) is 183 cm³/mol. The normalized spacial score (nSPS) is 23.0. The van der Waals surface area contributed by atoms with Crippen molar-refractivity contribution in [2.24, 2.45) is 11.8 Å². The lowest BCUT2D eigenvalue weighted by Gasteiger charge is -2.55. The van der Waals surface area contributed by atoms with Crippen LogP contribution in [-0.2, 0) is 23.0 Å².